The summed E-state index contributed by atoms with van der Waals surface area (Å²) in [6.45, 7) is 1.10. The Bertz CT molecular complexity index is 1300. The lowest BCUT2D eigenvalue weighted by Gasteiger charge is -2.26. The number of morpholine rings is 1. The van der Waals surface area contributed by atoms with Crippen molar-refractivity contribution in [2.24, 2.45) is 0 Å². The molecule has 3 aromatic rings. The molecule has 0 aliphatic carbocycles. The van der Waals surface area contributed by atoms with Gasteiger partial charge in [0.1, 0.15) is 10.6 Å². The van der Waals surface area contributed by atoms with Crippen LogP contribution in [0.2, 0.25) is 0 Å². The first-order valence-corrected chi connectivity index (χ1v) is 11.0. The van der Waals surface area contributed by atoms with Crippen LogP contribution in [0, 0.1) is 0 Å². The van der Waals surface area contributed by atoms with Crippen LogP contribution in [0.15, 0.2) is 58.2 Å². The third-order valence-electron chi connectivity index (χ3n) is 5.00. The lowest BCUT2D eigenvalue weighted by molar-refractivity contribution is 0.0729. The number of nitrogens with zero attached hydrogens (tertiary/aromatic N) is 1. The normalized spacial score (nSPS) is 15.0. The molecule has 0 spiro atoms. The summed E-state index contributed by atoms with van der Waals surface area (Å²) < 4.78 is 38.1. The quantitative estimate of drug-likeness (QED) is 0.621. The van der Waals surface area contributed by atoms with Gasteiger partial charge in [-0.2, -0.15) is 4.31 Å². The van der Waals surface area contributed by atoms with E-state index in [1.54, 1.807) is 30.3 Å². The molecule has 0 saturated carbocycles. The average Bonchev–Trinajstić information content (AvgIpc) is 2.79. The van der Waals surface area contributed by atoms with Crippen molar-refractivity contribution in [3.63, 3.8) is 0 Å². The van der Waals surface area contributed by atoms with Crippen LogP contribution in [0.5, 0.6) is 5.75 Å². The molecule has 2 heterocycles. The molecule has 10 heteroatoms. The maximum Gasteiger partial charge on any atom is 0.256 e. The molecule has 1 aliphatic rings. The minimum atomic E-state index is -3.85. The zero-order valence-corrected chi connectivity index (χ0v) is 17.6. The van der Waals surface area contributed by atoms with E-state index in [4.69, 9.17) is 9.47 Å². The first kappa shape index (κ1) is 21.0. The summed E-state index contributed by atoms with van der Waals surface area (Å²) in [7, 11) is -2.46. The number of carbonyl (C=O) groups excluding carboxylic acids is 1. The molecule has 4 rings (SSSR count). The summed E-state index contributed by atoms with van der Waals surface area (Å²) >= 11 is 0. The van der Waals surface area contributed by atoms with E-state index in [-0.39, 0.29) is 35.0 Å². The highest BCUT2D eigenvalue weighted by molar-refractivity contribution is 7.89. The zero-order chi connectivity index (χ0) is 22.0. The fraction of sp³-hybridized carbons (Fsp3) is 0.238. The number of hydrogen-bond acceptors (Lipinski definition) is 6. The predicted molar refractivity (Wildman–Crippen MR) is 115 cm³/mol. The van der Waals surface area contributed by atoms with Gasteiger partial charge < -0.3 is 19.8 Å². The summed E-state index contributed by atoms with van der Waals surface area (Å²) in [6, 6.07) is 12.5. The Morgan fingerprint density at radius 3 is 2.61 bits per heavy atom. The number of nitrogens with one attached hydrogen (secondary N) is 2. The fourth-order valence-electron chi connectivity index (χ4n) is 3.47. The number of methoxy groups -OCH3 is 1. The van der Waals surface area contributed by atoms with Crippen LogP contribution in [0.3, 0.4) is 0 Å². The second-order valence-electron chi connectivity index (χ2n) is 6.93. The van der Waals surface area contributed by atoms with Crippen molar-refractivity contribution in [2.75, 3.05) is 38.7 Å². The van der Waals surface area contributed by atoms with Crippen LogP contribution in [-0.2, 0) is 14.8 Å². The highest BCUT2D eigenvalue weighted by Crippen LogP contribution is 2.30. The number of anilines is 1. The maximum absolute atomic E-state index is 13.1. The fourth-order valence-corrected chi connectivity index (χ4v) is 5.06. The number of pyridine rings is 1. The van der Waals surface area contributed by atoms with Gasteiger partial charge in [0.05, 0.1) is 25.9 Å². The van der Waals surface area contributed by atoms with Crippen molar-refractivity contribution >= 4 is 32.5 Å². The van der Waals surface area contributed by atoms with Gasteiger partial charge >= 0.3 is 0 Å². The van der Waals surface area contributed by atoms with E-state index in [0.717, 1.165) is 0 Å². The number of carbonyl (C=O) groups is 1. The van der Waals surface area contributed by atoms with Crippen molar-refractivity contribution in [3.8, 4) is 5.75 Å². The molecule has 0 unspecified atom stereocenters. The Balaban J connectivity index is 1.70. The van der Waals surface area contributed by atoms with Gasteiger partial charge in [-0.05, 0) is 24.3 Å². The second kappa shape index (κ2) is 8.50. The number of aromatic nitrogens is 1. The number of aromatic amines is 1. The van der Waals surface area contributed by atoms with E-state index < -0.39 is 21.5 Å². The standard InChI is InChI=1S/C21H21N3O6S/c1-29-18-7-6-14(12-19(18)31(27,28)24-8-10-30-11-9-24)22-21(26)16-13-20(25)23-17-5-3-2-4-15(16)17/h2-7,12-13H,8-11H2,1H3,(H,22,26)(H,23,25). The van der Waals surface area contributed by atoms with Gasteiger partial charge in [-0.15, -0.1) is 0 Å². The molecule has 1 fully saturated rings. The summed E-state index contributed by atoms with van der Waals surface area (Å²) in [6.07, 6.45) is 0. The van der Waals surface area contributed by atoms with Crippen molar-refractivity contribution in [1.29, 1.82) is 0 Å². The van der Waals surface area contributed by atoms with Gasteiger partial charge in [0.2, 0.25) is 15.6 Å². The van der Waals surface area contributed by atoms with Gasteiger partial charge in [0.25, 0.3) is 5.91 Å². The monoisotopic (exact) mass is 443 g/mol. The Labute approximate surface area is 178 Å². The molecule has 9 nitrogen and oxygen atoms in total. The van der Waals surface area contributed by atoms with Gasteiger partial charge in [0.15, 0.2) is 0 Å². The SMILES string of the molecule is COc1ccc(NC(=O)c2cc(=O)[nH]c3ccccc23)cc1S(=O)(=O)N1CCOCC1. The van der Waals surface area contributed by atoms with Crippen LogP contribution in [-0.4, -0.2) is 57.0 Å². The molecule has 1 aromatic heterocycles. The molecule has 1 amide bonds. The van der Waals surface area contributed by atoms with E-state index in [2.05, 4.69) is 10.3 Å². The topological polar surface area (TPSA) is 118 Å². The molecular weight excluding hydrogens is 422 g/mol. The second-order valence-corrected chi connectivity index (χ2v) is 8.84. The molecule has 0 atom stereocenters. The number of hydrogen-bond donors (Lipinski definition) is 2. The number of ether oxygens (including phenoxy) is 2. The Morgan fingerprint density at radius 1 is 1.13 bits per heavy atom. The number of amides is 1. The van der Waals surface area contributed by atoms with E-state index >= 15 is 0 Å². The Hall–Kier alpha value is -3.21. The number of benzene rings is 2. The molecule has 162 valence electrons. The minimum Gasteiger partial charge on any atom is -0.495 e. The molecule has 2 N–H and O–H groups in total. The molecule has 1 aliphatic heterocycles. The van der Waals surface area contributed by atoms with Gasteiger partial charge in [-0.3, -0.25) is 9.59 Å². The van der Waals surface area contributed by atoms with Gasteiger partial charge in [-0.25, -0.2) is 8.42 Å². The first-order chi connectivity index (χ1) is 14.9. The molecular formula is C21H21N3O6S. The Morgan fingerprint density at radius 2 is 1.87 bits per heavy atom. The third-order valence-corrected chi connectivity index (χ3v) is 6.92. The predicted octanol–water partition coefficient (Wildman–Crippen LogP) is 1.81. The minimum absolute atomic E-state index is 0.0505. The lowest BCUT2D eigenvalue weighted by atomic mass is 10.1. The van der Waals surface area contributed by atoms with Crippen LogP contribution in [0.25, 0.3) is 10.9 Å². The molecule has 1 saturated heterocycles. The smallest absolute Gasteiger partial charge is 0.256 e. The third kappa shape index (κ3) is 4.18. The molecule has 0 bridgehead atoms. The van der Waals surface area contributed by atoms with Crippen molar-refractivity contribution in [2.45, 2.75) is 4.90 Å². The highest BCUT2D eigenvalue weighted by Gasteiger charge is 2.29. The lowest BCUT2D eigenvalue weighted by Crippen LogP contribution is -2.40. The summed E-state index contributed by atoms with van der Waals surface area (Å²) in [5.74, 6) is -0.353. The molecule has 0 radical (unpaired) electrons. The summed E-state index contributed by atoms with van der Waals surface area (Å²) in [5, 5.41) is 3.27. The zero-order valence-electron chi connectivity index (χ0n) is 16.8. The van der Waals surface area contributed by atoms with E-state index in [9.17, 15) is 18.0 Å². The van der Waals surface area contributed by atoms with Crippen LogP contribution < -0.4 is 15.6 Å². The Kier molecular flexibility index (Phi) is 5.77. The van der Waals surface area contributed by atoms with Crippen molar-refractivity contribution in [1.82, 2.24) is 9.29 Å². The number of rotatable bonds is 5. The molecule has 31 heavy (non-hydrogen) atoms. The average molecular weight is 443 g/mol. The van der Waals surface area contributed by atoms with E-state index in [1.165, 1.54) is 29.6 Å². The van der Waals surface area contributed by atoms with E-state index in [1.807, 2.05) is 0 Å². The maximum atomic E-state index is 13.1. The van der Waals surface area contributed by atoms with Crippen molar-refractivity contribution in [3.05, 3.63) is 64.4 Å². The number of fused-ring (bicyclic) bond motifs is 1. The number of H-pyrrole nitrogens is 1. The summed E-state index contributed by atoms with van der Waals surface area (Å²) in [4.78, 5) is 27.5. The van der Waals surface area contributed by atoms with Gasteiger partial charge in [-0.1, -0.05) is 18.2 Å². The number of para-hydroxylation sites is 1. The van der Waals surface area contributed by atoms with Crippen LogP contribution in [0.4, 0.5) is 5.69 Å². The summed E-state index contributed by atoms with van der Waals surface area (Å²) in [5.41, 5.74) is 0.578. The highest BCUT2D eigenvalue weighted by atomic mass is 32.2. The largest absolute Gasteiger partial charge is 0.495 e. The first-order valence-electron chi connectivity index (χ1n) is 9.59. The van der Waals surface area contributed by atoms with Crippen molar-refractivity contribution < 1.29 is 22.7 Å². The van der Waals surface area contributed by atoms with Crippen LogP contribution in [0.1, 0.15) is 10.4 Å². The van der Waals surface area contributed by atoms with Crippen LogP contribution >= 0.6 is 0 Å². The van der Waals surface area contributed by atoms with E-state index in [0.29, 0.717) is 24.1 Å². The van der Waals surface area contributed by atoms with Gasteiger partial charge in [0, 0.05) is 35.7 Å². The number of sulfonamides is 1. The molecule has 2 aromatic carbocycles.